The topological polar surface area (TPSA) is 33.3 Å². The number of anilines is 1. The number of fused-ring (bicyclic) bond motifs is 1. The third kappa shape index (κ3) is 3.03. The summed E-state index contributed by atoms with van der Waals surface area (Å²) in [6.07, 6.45) is 1.14. The second-order valence-corrected chi connectivity index (χ2v) is 5.50. The summed E-state index contributed by atoms with van der Waals surface area (Å²) in [4.78, 5) is 0. The summed E-state index contributed by atoms with van der Waals surface area (Å²) >= 11 is 0. The molecule has 0 unspecified atom stereocenters. The second-order valence-electron chi connectivity index (χ2n) is 5.50. The Hall–Kier alpha value is -2.00. The molecule has 1 aliphatic rings. The van der Waals surface area contributed by atoms with Gasteiger partial charge in [-0.1, -0.05) is 30.3 Å². The van der Waals surface area contributed by atoms with Gasteiger partial charge in [-0.2, -0.15) is 0 Å². The van der Waals surface area contributed by atoms with E-state index in [1.165, 1.54) is 22.4 Å². The summed E-state index contributed by atoms with van der Waals surface area (Å²) in [5, 5.41) is 7.09. The van der Waals surface area contributed by atoms with Gasteiger partial charge in [-0.15, -0.1) is 0 Å². The zero-order valence-corrected chi connectivity index (χ0v) is 12.6. The van der Waals surface area contributed by atoms with Crippen LogP contribution < -0.4 is 15.4 Å². The zero-order valence-electron chi connectivity index (χ0n) is 12.6. The molecule has 0 amide bonds. The third-order valence-corrected chi connectivity index (χ3v) is 4.15. The van der Waals surface area contributed by atoms with Crippen molar-refractivity contribution in [2.24, 2.45) is 0 Å². The molecule has 0 saturated carbocycles. The predicted octanol–water partition coefficient (Wildman–Crippen LogP) is 3.51. The number of rotatable bonds is 5. The fourth-order valence-corrected chi connectivity index (χ4v) is 2.83. The molecule has 0 aromatic heterocycles. The number of benzene rings is 2. The minimum absolute atomic E-state index is 0.313. The van der Waals surface area contributed by atoms with Crippen molar-refractivity contribution in [2.45, 2.75) is 25.9 Å². The molecule has 2 aromatic carbocycles. The SMILES string of the molecule is COc1ccc([C@@H](C)NCc2cccc3c2NCC3)cc1. The van der Waals surface area contributed by atoms with Crippen LogP contribution in [0.5, 0.6) is 5.75 Å². The molecule has 0 bridgehead atoms. The van der Waals surface area contributed by atoms with E-state index in [2.05, 4.69) is 47.9 Å². The van der Waals surface area contributed by atoms with Crippen molar-refractivity contribution in [1.29, 1.82) is 0 Å². The minimum atomic E-state index is 0.313. The molecule has 0 radical (unpaired) electrons. The Labute approximate surface area is 126 Å². The largest absolute Gasteiger partial charge is 0.497 e. The van der Waals surface area contributed by atoms with Crippen LogP contribution in [0.2, 0.25) is 0 Å². The van der Waals surface area contributed by atoms with Gasteiger partial charge in [0.1, 0.15) is 5.75 Å². The van der Waals surface area contributed by atoms with E-state index in [0.717, 1.165) is 25.3 Å². The van der Waals surface area contributed by atoms with Gasteiger partial charge in [-0.05, 0) is 42.2 Å². The zero-order chi connectivity index (χ0) is 14.7. The maximum atomic E-state index is 5.20. The fourth-order valence-electron chi connectivity index (χ4n) is 2.83. The van der Waals surface area contributed by atoms with E-state index in [9.17, 15) is 0 Å². The molecule has 3 rings (SSSR count). The predicted molar refractivity (Wildman–Crippen MR) is 86.9 cm³/mol. The molecule has 3 nitrogen and oxygen atoms in total. The quantitative estimate of drug-likeness (QED) is 0.880. The van der Waals surface area contributed by atoms with Gasteiger partial charge < -0.3 is 15.4 Å². The molecule has 0 aliphatic carbocycles. The highest BCUT2D eigenvalue weighted by Gasteiger charge is 2.14. The Morgan fingerprint density at radius 1 is 1.19 bits per heavy atom. The van der Waals surface area contributed by atoms with Gasteiger partial charge >= 0.3 is 0 Å². The molecule has 110 valence electrons. The van der Waals surface area contributed by atoms with Gasteiger partial charge in [0.25, 0.3) is 0 Å². The van der Waals surface area contributed by atoms with Crippen molar-refractivity contribution in [2.75, 3.05) is 19.0 Å². The van der Waals surface area contributed by atoms with E-state index in [-0.39, 0.29) is 0 Å². The minimum Gasteiger partial charge on any atom is -0.497 e. The number of methoxy groups -OCH3 is 1. The average molecular weight is 282 g/mol. The summed E-state index contributed by atoms with van der Waals surface area (Å²) < 4.78 is 5.20. The highest BCUT2D eigenvalue weighted by molar-refractivity contribution is 5.61. The first-order valence-corrected chi connectivity index (χ1v) is 7.50. The number of nitrogens with one attached hydrogen (secondary N) is 2. The van der Waals surface area contributed by atoms with Crippen molar-refractivity contribution in [3.8, 4) is 5.75 Å². The average Bonchev–Trinajstić information content (AvgIpc) is 3.02. The van der Waals surface area contributed by atoms with Crippen LogP contribution >= 0.6 is 0 Å². The van der Waals surface area contributed by atoms with E-state index in [0.29, 0.717) is 6.04 Å². The number of ether oxygens (including phenoxy) is 1. The van der Waals surface area contributed by atoms with E-state index < -0.39 is 0 Å². The van der Waals surface area contributed by atoms with Gasteiger partial charge in [0.2, 0.25) is 0 Å². The number of para-hydroxylation sites is 1. The van der Waals surface area contributed by atoms with E-state index in [4.69, 9.17) is 4.74 Å². The Kier molecular flexibility index (Phi) is 4.11. The van der Waals surface area contributed by atoms with Crippen molar-refractivity contribution >= 4 is 5.69 Å². The van der Waals surface area contributed by atoms with Gasteiger partial charge in [-0.3, -0.25) is 0 Å². The molecule has 1 aliphatic heterocycles. The maximum absolute atomic E-state index is 5.20. The monoisotopic (exact) mass is 282 g/mol. The van der Waals surface area contributed by atoms with Crippen LogP contribution in [-0.4, -0.2) is 13.7 Å². The summed E-state index contributed by atoms with van der Waals surface area (Å²) in [7, 11) is 1.69. The molecule has 0 fully saturated rings. The maximum Gasteiger partial charge on any atom is 0.118 e. The van der Waals surface area contributed by atoms with Crippen LogP contribution in [0.15, 0.2) is 42.5 Å². The van der Waals surface area contributed by atoms with Gasteiger partial charge in [0.15, 0.2) is 0 Å². The van der Waals surface area contributed by atoms with Crippen molar-refractivity contribution in [3.63, 3.8) is 0 Å². The highest BCUT2D eigenvalue weighted by atomic mass is 16.5. The molecular weight excluding hydrogens is 260 g/mol. The molecule has 21 heavy (non-hydrogen) atoms. The molecule has 3 heteroatoms. The van der Waals surface area contributed by atoms with E-state index in [1.54, 1.807) is 7.11 Å². The third-order valence-electron chi connectivity index (χ3n) is 4.15. The first-order valence-electron chi connectivity index (χ1n) is 7.50. The smallest absolute Gasteiger partial charge is 0.118 e. The van der Waals surface area contributed by atoms with Gasteiger partial charge in [-0.25, -0.2) is 0 Å². The van der Waals surface area contributed by atoms with Crippen molar-refractivity contribution in [3.05, 3.63) is 59.2 Å². The Morgan fingerprint density at radius 2 is 2.00 bits per heavy atom. The lowest BCUT2D eigenvalue weighted by molar-refractivity contribution is 0.414. The molecular formula is C18H22N2O. The van der Waals surface area contributed by atoms with E-state index in [1.807, 2.05) is 12.1 Å². The van der Waals surface area contributed by atoms with Crippen LogP contribution in [0.25, 0.3) is 0 Å². The lowest BCUT2D eigenvalue weighted by Crippen LogP contribution is -2.18. The lowest BCUT2D eigenvalue weighted by atomic mass is 10.1. The van der Waals surface area contributed by atoms with Crippen molar-refractivity contribution < 1.29 is 4.74 Å². The molecule has 0 saturated heterocycles. The van der Waals surface area contributed by atoms with Crippen LogP contribution in [0, 0.1) is 0 Å². The summed E-state index contributed by atoms with van der Waals surface area (Å²) in [5.74, 6) is 0.899. The van der Waals surface area contributed by atoms with Crippen molar-refractivity contribution in [1.82, 2.24) is 5.32 Å². The standard InChI is InChI=1S/C18H22N2O/c1-13(14-6-8-17(21-2)9-7-14)20-12-16-5-3-4-15-10-11-19-18(15)16/h3-9,13,19-20H,10-12H2,1-2H3/t13-/m1/s1. The van der Waals surface area contributed by atoms with Crippen LogP contribution in [0.3, 0.4) is 0 Å². The first-order chi connectivity index (χ1) is 10.3. The Bertz CT molecular complexity index is 607. The fraction of sp³-hybridized carbons (Fsp3) is 0.333. The number of hydrogen-bond donors (Lipinski definition) is 2. The van der Waals surface area contributed by atoms with Crippen LogP contribution in [0.1, 0.15) is 29.7 Å². The number of hydrogen-bond acceptors (Lipinski definition) is 3. The summed E-state index contributed by atoms with van der Waals surface area (Å²) in [6.45, 7) is 4.13. The first kappa shape index (κ1) is 14.0. The molecule has 0 spiro atoms. The second kappa shape index (κ2) is 6.19. The van der Waals surface area contributed by atoms with Crippen LogP contribution in [0.4, 0.5) is 5.69 Å². The lowest BCUT2D eigenvalue weighted by Gasteiger charge is -2.16. The molecule has 1 atom stereocenters. The normalized spacial score (nSPS) is 14.4. The van der Waals surface area contributed by atoms with Crippen LogP contribution in [-0.2, 0) is 13.0 Å². The summed E-state index contributed by atoms with van der Waals surface area (Å²) in [6, 6.07) is 15.1. The Balaban J connectivity index is 1.65. The molecule has 1 heterocycles. The molecule has 2 aromatic rings. The van der Waals surface area contributed by atoms with E-state index >= 15 is 0 Å². The van der Waals surface area contributed by atoms with Gasteiger partial charge in [0, 0.05) is 24.8 Å². The molecule has 2 N–H and O–H groups in total. The van der Waals surface area contributed by atoms with Gasteiger partial charge in [0.05, 0.1) is 7.11 Å². The highest BCUT2D eigenvalue weighted by Crippen LogP contribution is 2.27. The Morgan fingerprint density at radius 3 is 2.76 bits per heavy atom. The summed E-state index contributed by atoms with van der Waals surface area (Å²) in [5.41, 5.74) is 5.39.